The number of ether oxygens (including phenoxy) is 3. The Morgan fingerprint density at radius 3 is 1.71 bits per heavy atom. The number of hydrogen-bond acceptors (Lipinski definition) is 4. The standard InChI is InChI=1S/C9H16O5/c1-4-12-7(8(10)11)9(13-5-2)14-6-3/h4-6H2,1-3H3,(H,10,11). The lowest BCUT2D eigenvalue weighted by Crippen LogP contribution is -2.12. The van der Waals surface area contributed by atoms with E-state index in [2.05, 4.69) is 0 Å². The van der Waals surface area contributed by atoms with E-state index in [9.17, 15) is 4.79 Å². The van der Waals surface area contributed by atoms with Gasteiger partial charge in [-0.1, -0.05) is 0 Å². The van der Waals surface area contributed by atoms with E-state index in [1.54, 1.807) is 20.8 Å². The summed E-state index contributed by atoms with van der Waals surface area (Å²) in [6.07, 6.45) is 0. The third kappa shape index (κ3) is 4.02. The minimum atomic E-state index is -1.19. The molecule has 0 radical (unpaired) electrons. The van der Waals surface area contributed by atoms with Crippen LogP contribution in [0.1, 0.15) is 20.8 Å². The maximum Gasteiger partial charge on any atom is 0.378 e. The highest BCUT2D eigenvalue weighted by molar-refractivity contribution is 5.84. The Morgan fingerprint density at radius 1 is 1.00 bits per heavy atom. The lowest BCUT2D eigenvalue weighted by Gasteiger charge is -2.12. The van der Waals surface area contributed by atoms with E-state index in [1.807, 2.05) is 0 Å². The molecule has 0 aromatic carbocycles. The summed E-state index contributed by atoms with van der Waals surface area (Å²) in [7, 11) is 0. The van der Waals surface area contributed by atoms with Gasteiger partial charge in [0.05, 0.1) is 19.8 Å². The first-order valence-electron chi connectivity index (χ1n) is 4.53. The van der Waals surface area contributed by atoms with Crippen LogP contribution in [0.15, 0.2) is 11.7 Å². The third-order valence-corrected chi connectivity index (χ3v) is 1.22. The minimum absolute atomic E-state index is 0.0654. The molecule has 1 N–H and O–H groups in total. The van der Waals surface area contributed by atoms with Crippen LogP contribution >= 0.6 is 0 Å². The fourth-order valence-corrected chi connectivity index (χ4v) is 0.787. The van der Waals surface area contributed by atoms with Gasteiger partial charge in [0.25, 0.3) is 5.76 Å². The summed E-state index contributed by atoms with van der Waals surface area (Å²) in [6, 6.07) is 0. The van der Waals surface area contributed by atoms with Crippen LogP contribution in [0, 0.1) is 0 Å². The van der Waals surface area contributed by atoms with E-state index < -0.39 is 5.97 Å². The molecular weight excluding hydrogens is 188 g/mol. The largest absolute Gasteiger partial charge is 0.482 e. The average molecular weight is 204 g/mol. The number of rotatable bonds is 7. The van der Waals surface area contributed by atoms with Gasteiger partial charge in [-0.05, 0) is 20.8 Å². The van der Waals surface area contributed by atoms with Gasteiger partial charge in [0, 0.05) is 0 Å². The van der Waals surface area contributed by atoms with Crippen molar-refractivity contribution in [3.05, 3.63) is 11.7 Å². The lowest BCUT2D eigenvalue weighted by molar-refractivity contribution is -0.138. The zero-order valence-corrected chi connectivity index (χ0v) is 8.70. The number of carbonyl (C=O) groups is 1. The van der Waals surface area contributed by atoms with E-state index >= 15 is 0 Å². The Hall–Kier alpha value is -1.39. The molecule has 0 aliphatic heterocycles. The Morgan fingerprint density at radius 2 is 1.43 bits per heavy atom. The van der Waals surface area contributed by atoms with Crippen LogP contribution in [-0.2, 0) is 19.0 Å². The zero-order chi connectivity index (χ0) is 11.0. The normalized spacial score (nSPS) is 9.07. The summed E-state index contributed by atoms with van der Waals surface area (Å²) >= 11 is 0. The van der Waals surface area contributed by atoms with Crippen LogP contribution in [0.4, 0.5) is 0 Å². The predicted octanol–water partition coefficient (Wildman–Crippen LogP) is 1.35. The molecule has 14 heavy (non-hydrogen) atoms. The van der Waals surface area contributed by atoms with Gasteiger partial charge < -0.3 is 19.3 Å². The molecular formula is C9H16O5. The molecule has 5 nitrogen and oxygen atoms in total. The van der Waals surface area contributed by atoms with Crippen molar-refractivity contribution in [1.29, 1.82) is 0 Å². The Bertz CT molecular complexity index is 201. The summed E-state index contributed by atoms with van der Waals surface area (Å²) in [6.45, 7) is 6.09. The van der Waals surface area contributed by atoms with Gasteiger partial charge in [0.1, 0.15) is 0 Å². The van der Waals surface area contributed by atoms with Crippen LogP contribution in [0.25, 0.3) is 0 Å². The van der Waals surface area contributed by atoms with E-state index in [0.717, 1.165) is 0 Å². The Balaban J connectivity index is 4.72. The van der Waals surface area contributed by atoms with Crippen molar-refractivity contribution < 1.29 is 24.1 Å². The second-order valence-electron chi connectivity index (χ2n) is 2.22. The summed E-state index contributed by atoms with van der Waals surface area (Å²) in [5.41, 5.74) is 0. The lowest BCUT2D eigenvalue weighted by atomic mass is 10.5. The van der Waals surface area contributed by atoms with Crippen molar-refractivity contribution in [2.24, 2.45) is 0 Å². The van der Waals surface area contributed by atoms with Gasteiger partial charge in [-0.25, -0.2) is 4.79 Å². The molecule has 0 aromatic heterocycles. The SMILES string of the molecule is CCOC(OCC)=C(OCC)C(=O)O. The van der Waals surface area contributed by atoms with Crippen molar-refractivity contribution in [3.63, 3.8) is 0 Å². The van der Waals surface area contributed by atoms with Gasteiger partial charge in [-0.15, -0.1) is 0 Å². The molecule has 0 bridgehead atoms. The van der Waals surface area contributed by atoms with Gasteiger partial charge >= 0.3 is 11.9 Å². The molecule has 0 heterocycles. The second kappa shape index (κ2) is 7.06. The highest BCUT2D eigenvalue weighted by Crippen LogP contribution is 2.10. The molecule has 5 heteroatoms. The van der Waals surface area contributed by atoms with E-state index in [1.165, 1.54) is 0 Å². The summed E-state index contributed by atoms with van der Waals surface area (Å²) in [5, 5.41) is 8.79. The zero-order valence-electron chi connectivity index (χ0n) is 8.70. The molecule has 0 atom stereocenters. The Labute approximate surface area is 83.3 Å². The van der Waals surface area contributed by atoms with Crippen molar-refractivity contribution in [3.8, 4) is 0 Å². The second-order valence-corrected chi connectivity index (χ2v) is 2.22. The first-order valence-corrected chi connectivity index (χ1v) is 4.53. The molecule has 0 fully saturated rings. The summed E-state index contributed by atoms with van der Waals surface area (Å²) in [5.74, 6) is -1.54. The van der Waals surface area contributed by atoms with Crippen molar-refractivity contribution in [2.75, 3.05) is 19.8 Å². The first kappa shape index (κ1) is 12.6. The number of carboxylic acid groups (broad SMARTS) is 1. The molecule has 0 amide bonds. The highest BCUT2D eigenvalue weighted by Gasteiger charge is 2.18. The number of hydrogen-bond donors (Lipinski definition) is 1. The number of aliphatic carboxylic acids is 1. The molecule has 0 unspecified atom stereocenters. The van der Waals surface area contributed by atoms with Crippen LogP contribution in [0.5, 0.6) is 0 Å². The molecule has 0 aliphatic carbocycles. The fraction of sp³-hybridized carbons (Fsp3) is 0.667. The van der Waals surface area contributed by atoms with Gasteiger partial charge in [-0.2, -0.15) is 0 Å². The fourth-order valence-electron chi connectivity index (χ4n) is 0.787. The molecule has 0 aliphatic rings. The van der Waals surface area contributed by atoms with Gasteiger partial charge in [0.15, 0.2) is 0 Å². The van der Waals surface area contributed by atoms with Gasteiger partial charge in [-0.3, -0.25) is 0 Å². The molecule has 0 spiro atoms. The molecule has 0 aromatic rings. The van der Waals surface area contributed by atoms with Crippen LogP contribution in [-0.4, -0.2) is 30.9 Å². The molecule has 0 saturated heterocycles. The third-order valence-electron chi connectivity index (χ3n) is 1.22. The van der Waals surface area contributed by atoms with Gasteiger partial charge in [0.2, 0.25) is 0 Å². The van der Waals surface area contributed by atoms with Crippen LogP contribution < -0.4 is 0 Å². The Kier molecular flexibility index (Phi) is 6.36. The average Bonchev–Trinajstić information content (AvgIpc) is 2.13. The van der Waals surface area contributed by atoms with E-state index in [0.29, 0.717) is 13.2 Å². The van der Waals surface area contributed by atoms with E-state index in [-0.39, 0.29) is 18.3 Å². The number of carboxylic acids is 1. The molecule has 0 saturated carbocycles. The highest BCUT2D eigenvalue weighted by atomic mass is 16.7. The maximum atomic E-state index is 10.7. The minimum Gasteiger partial charge on any atom is -0.482 e. The quantitative estimate of drug-likeness (QED) is 0.501. The predicted molar refractivity (Wildman–Crippen MR) is 49.5 cm³/mol. The maximum absolute atomic E-state index is 10.7. The van der Waals surface area contributed by atoms with Crippen LogP contribution in [0.2, 0.25) is 0 Å². The summed E-state index contributed by atoms with van der Waals surface area (Å²) < 4.78 is 14.9. The smallest absolute Gasteiger partial charge is 0.378 e. The van der Waals surface area contributed by atoms with E-state index in [4.69, 9.17) is 19.3 Å². The summed E-state index contributed by atoms with van der Waals surface area (Å²) in [4.78, 5) is 10.7. The molecule has 82 valence electrons. The van der Waals surface area contributed by atoms with Crippen molar-refractivity contribution >= 4 is 5.97 Å². The first-order chi connectivity index (χ1) is 6.67. The van der Waals surface area contributed by atoms with Crippen molar-refractivity contribution in [1.82, 2.24) is 0 Å². The van der Waals surface area contributed by atoms with Crippen molar-refractivity contribution in [2.45, 2.75) is 20.8 Å². The van der Waals surface area contributed by atoms with Crippen LogP contribution in [0.3, 0.4) is 0 Å². The molecule has 0 rings (SSSR count). The monoisotopic (exact) mass is 204 g/mol. The topological polar surface area (TPSA) is 65.0 Å².